The van der Waals surface area contributed by atoms with Crippen LogP contribution >= 0.6 is 34.5 Å². The van der Waals surface area contributed by atoms with Crippen LogP contribution < -0.4 is 0 Å². The first-order valence-corrected chi connectivity index (χ1v) is 13.2. The number of rotatable bonds is 10. The lowest BCUT2D eigenvalue weighted by atomic mass is 10.2. The molecule has 0 radical (unpaired) electrons. The van der Waals surface area contributed by atoms with E-state index in [1.54, 1.807) is 16.2 Å². The molecule has 1 amide bonds. The summed E-state index contributed by atoms with van der Waals surface area (Å²) in [6, 6.07) is 17.8. The molecule has 0 unspecified atom stereocenters. The minimum absolute atomic E-state index is 0.0719. The van der Waals surface area contributed by atoms with Gasteiger partial charge in [0, 0.05) is 23.0 Å². The van der Waals surface area contributed by atoms with Gasteiger partial charge in [-0.1, -0.05) is 66.5 Å². The summed E-state index contributed by atoms with van der Waals surface area (Å²) in [7, 11) is -4.01. The third-order valence-corrected chi connectivity index (χ3v) is 8.21. The second-order valence-electron chi connectivity index (χ2n) is 7.23. The molecule has 3 aromatic rings. The number of hydrogen-bond donors (Lipinski definition) is 0. The van der Waals surface area contributed by atoms with Crippen LogP contribution in [0, 0.1) is 0 Å². The number of benzene rings is 2. The number of nitrogens with zero attached hydrogens (tertiary/aromatic N) is 2. The molecule has 2 aromatic carbocycles. The van der Waals surface area contributed by atoms with Crippen molar-refractivity contribution in [3.05, 3.63) is 86.5 Å². The molecule has 0 N–H and O–H groups in total. The fraction of sp³-hybridized carbons (Fsp3) is 0.261. The highest BCUT2D eigenvalue weighted by Crippen LogP contribution is 2.28. The maximum atomic E-state index is 13.4. The normalized spacial score (nSPS) is 11.6. The van der Waals surface area contributed by atoms with Crippen LogP contribution in [0.4, 0.5) is 0 Å². The molecular formula is C23H24Cl2N2O3S2. The number of amides is 1. The van der Waals surface area contributed by atoms with Gasteiger partial charge in [-0.2, -0.15) is 4.31 Å². The molecule has 0 spiro atoms. The Bertz CT molecular complexity index is 1140. The number of sulfonamides is 1. The van der Waals surface area contributed by atoms with Gasteiger partial charge in [0.05, 0.1) is 18.1 Å². The smallest absolute Gasteiger partial charge is 0.245 e. The average Bonchev–Trinajstić information content (AvgIpc) is 3.28. The summed E-state index contributed by atoms with van der Waals surface area (Å²) in [5, 5.41) is 2.29. The van der Waals surface area contributed by atoms with Gasteiger partial charge in [0.2, 0.25) is 15.9 Å². The lowest BCUT2D eigenvalue weighted by Gasteiger charge is -2.27. The van der Waals surface area contributed by atoms with Crippen molar-refractivity contribution >= 4 is 50.5 Å². The number of carbonyl (C=O) groups is 1. The topological polar surface area (TPSA) is 57.7 Å². The van der Waals surface area contributed by atoms with E-state index < -0.39 is 10.0 Å². The molecule has 32 heavy (non-hydrogen) atoms. The summed E-state index contributed by atoms with van der Waals surface area (Å²) < 4.78 is 27.9. The molecule has 170 valence electrons. The van der Waals surface area contributed by atoms with Crippen LogP contribution in [0.3, 0.4) is 0 Å². The molecule has 0 saturated carbocycles. The van der Waals surface area contributed by atoms with E-state index >= 15 is 0 Å². The van der Waals surface area contributed by atoms with Crippen molar-refractivity contribution in [3.8, 4) is 0 Å². The third kappa shape index (κ3) is 6.33. The Morgan fingerprint density at radius 2 is 1.75 bits per heavy atom. The highest BCUT2D eigenvalue weighted by atomic mass is 35.5. The Morgan fingerprint density at radius 3 is 2.41 bits per heavy atom. The van der Waals surface area contributed by atoms with Crippen LogP contribution in [0.1, 0.15) is 23.8 Å². The molecule has 0 bridgehead atoms. The van der Waals surface area contributed by atoms with Gasteiger partial charge in [-0.3, -0.25) is 4.79 Å². The quantitative estimate of drug-likeness (QED) is 0.352. The Hall–Kier alpha value is -1.90. The van der Waals surface area contributed by atoms with Crippen LogP contribution in [-0.4, -0.2) is 36.6 Å². The first kappa shape index (κ1) is 24.7. The van der Waals surface area contributed by atoms with Gasteiger partial charge in [0.15, 0.2) is 0 Å². The van der Waals surface area contributed by atoms with Crippen LogP contribution in [0.25, 0.3) is 0 Å². The van der Waals surface area contributed by atoms with Gasteiger partial charge >= 0.3 is 0 Å². The third-order valence-electron chi connectivity index (χ3n) is 4.79. The minimum atomic E-state index is -4.01. The molecule has 1 heterocycles. The van der Waals surface area contributed by atoms with Crippen molar-refractivity contribution in [2.24, 2.45) is 0 Å². The van der Waals surface area contributed by atoms with Crippen LogP contribution in [0.15, 0.2) is 70.9 Å². The van der Waals surface area contributed by atoms with E-state index in [-0.39, 0.29) is 33.9 Å². The molecule has 0 aliphatic carbocycles. The maximum Gasteiger partial charge on any atom is 0.245 e. The highest BCUT2D eigenvalue weighted by Gasteiger charge is 2.30. The van der Waals surface area contributed by atoms with Gasteiger partial charge in [0.1, 0.15) is 4.90 Å². The van der Waals surface area contributed by atoms with E-state index in [1.807, 2.05) is 54.8 Å². The monoisotopic (exact) mass is 510 g/mol. The van der Waals surface area contributed by atoms with Crippen LogP contribution in [0.5, 0.6) is 0 Å². The molecule has 5 nitrogen and oxygen atoms in total. The zero-order chi connectivity index (χ0) is 23.1. The number of carbonyl (C=O) groups excluding carboxylic acids is 1. The summed E-state index contributed by atoms with van der Waals surface area (Å²) in [4.78, 5) is 16.0. The van der Waals surface area contributed by atoms with E-state index in [0.717, 1.165) is 10.4 Å². The Labute approximate surface area is 203 Å². The summed E-state index contributed by atoms with van der Waals surface area (Å²) in [5.74, 6) is -0.280. The number of hydrogen-bond acceptors (Lipinski definition) is 4. The van der Waals surface area contributed by atoms with E-state index in [1.165, 1.54) is 22.5 Å². The largest absolute Gasteiger partial charge is 0.332 e. The van der Waals surface area contributed by atoms with Crippen molar-refractivity contribution in [1.82, 2.24) is 9.21 Å². The molecule has 0 aliphatic rings. The number of thiophene rings is 1. The van der Waals surface area contributed by atoms with Gasteiger partial charge in [0.25, 0.3) is 0 Å². The molecule has 9 heteroatoms. The SMILES string of the molecule is CCCN(CC(=O)N(Cc1ccccc1)Cc1cccs1)S(=O)(=O)c1cc(Cl)ccc1Cl. The molecule has 0 atom stereocenters. The molecule has 1 aromatic heterocycles. The first-order valence-electron chi connectivity index (χ1n) is 10.1. The van der Waals surface area contributed by atoms with E-state index in [2.05, 4.69) is 0 Å². The van der Waals surface area contributed by atoms with Crippen LogP contribution in [-0.2, 0) is 27.9 Å². The van der Waals surface area contributed by atoms with Crippen molar-refractivity contribution < 1.29 is 13.2 Å². The van der Waals surface area contributed by atoms with Crippen molar-refractivity contribution in [1.29, 1.82) is 0 Å². The van der Waals surface area contributed by atoms with Gasteiger partial charge < -0.3 is 4.90 Å². The summed E-state index contributed by atoms with van der Waals surface area (Å²) in [6.07, 6.45) is 0.550. The van der Waals surface area contributed by atoms with E-state index in [0.29, 0.717) is 19.5 Å². The second kappa shape index (κ2) is 11.3. The van der Waals surface area contributed by atoms with Crippen molar-refractivity contribution in [3.63, 3.8) is 0 Å². The maximum absolute atomic E-state index is 13.4. The second-order valence-corrected chi connectivity index (χ2v) is 11.0. The summed E-state index contributed by atoms with van der Waals surface area (Å²) in [6.45, 7) is 2.56. The molecule has 3 rings (SSSR count). The van der Waals surface area contributed by atoms with Gasteiger partial charge in [-0.05, 0) is 41.6 Å². The fourth-order valence-electron chi connectivity index (χ4n) is 3.23. The summed E-state index contributed by atoms with van der Waals surface area (Å²) in [5.41, 5.74) is 0.972. The van der Waals surface area contributed by atoms with Gasteiger partial charge in [-0.15, -0.1) is 11.3 Å². The zero-order valence-electron chi connectivity index (χ0n) is 17.6. The Kier molecular flexibility index (Phi) is 8.73. The lowest BCUT2D eigenvalue weighted by Crippen LogP contribution is -2.42. The Balaban J connectivity index is 1.87. The zero-order valence-corrected chi connectivity index (χ0v) is 20.7. The number of halogens is 2. The minimum Gasteiger partial charge on any atom is -0.332 e. The first-order chi connectivity index (χ1) is 15.3. The van der Waals surface area contributed by atoms with E-state index in [9.17, 15) is 13.2 Å². The van der Waals surface area contributed by atoms with E-state index in [4.69, 9.17) is 23.2 Å². The predicted octanol–water partition coefficient (Wildman–Crippen LogP) is 5.68. The molecule has 0 aliphatic heterocycles. The van der Waals surface area contributed by atoms with Crippen molar-refractivity contribution in [2.75, 3.05) is 13.1 Å². The molecule has 0 fully saturated rings. The predicted molar refractivity (Wildman–Crippen MR) is 131 cm³/mol. The standard InChI is InChI=1S/C23H24Cl2N2O3S2/c1-2-12-27(32(29,30)22-14-19(24)10-11-21(22)25)17-23(28)26(16-20-9-6-13-31-20)15-18-7-4-3-5-8-18/h3-11,13-14H,2,12,15-17H2,1H3. The lowest BCUT2D eigenvalue weighted by molar-refractivity contribution is -0.132. The van der Waals surface area contributed by atoms with Crippen LogP contribution in [0.2, 0.25) is 10.0 Å². The highest BCUT2D eigenvalue weighted by molar-refractivity contribution is 7.89. The Morgan fingerprint density at radius 1 is 1.00 bits per heavy atom. The molecule has 0 saturated heterocycles. The summed E-state index contributed by atoms with van der Waals surface area (Å²) >= 11 is 13.7. The van der Waals surface area contributed by atoms with Crippen molar-refractivity contribution in [2.45, 2.75) is 31.3 Å². The average molecular weight is 511 g/mol. The fourth-order valence-corrected chi connectivity index (χ4v) is 6.16. The van der Waals surface area contributed by atoms with Gasteiger partial charge in [-0.25, -0.2) is 8.42 Å². The molecular weight excluding hydrogens is 487 g/mol.